The molecule has 2 aromatic heterocycles. The zero-order chi connectivity index (χ0) is 18.8. The predicted octanol–water partition coefficient (Wildman–Crippen LogP) is 4.05. The molecule has 0 bridgehead atoms. The molecule has 6 heteroatoms. The van der Waals surface area contributed by atoms with Gasteiger partial charge < -0.3 is 10.4 Å². The fraction of sp³-hybridized carbons (Fsp3) is 0.143. The maximum absolute atomic E-state index is 12.6. The smallest absolute Gasteiger partial charge is 0.263 e. The van der Waals surface area contributed by atoms with E-state index in [4.69, 9.17) is 0 Å². The molecule has 4 aromatic rings. The van der Waals surface area contributed by atoms with Gasteiger partial charge in [-0.05, 0) is 31.0 Å². The summed E-state index contributed by atoms with van der Waals surface area (Å²) in [5, 5.41) is 12.3. The zero-order valence-electron chi connectivity index (χ0n) is 14.8. The summed E-state index contributed by atoms with van der Waals surface area (Å²) in [6.07, 6.45) is 2.69. The Hall–Kier alpha value is -3.12. The van der Waals surface area contributed by atoms with Crippen molar-refractivity contribution in [3.8, 4) is 17.0 Å². The molecule has 136 valence electrons. The monoisotopic (exact) mass is 377 g/mol. The van der Waals surface area contributed by atoms with E-state index >= 15 is 0 Å². The van der Waals surface area contributed by atoms with E-state index in [0.29, 0.717) is 17.8 Å². The number of thiazole rings is 1. The van der Waals surface area contributed by atoms with Crippen LogP contribution < -0.4 is 5.32 Å². The molecule has 27 heavy (non-hydrogen) atoms. The molecule has 0 unspecified atom stereocenters. The summed E-state index contributed by atoms with van der Waals surface area (Å²) in [4.78, 5) is 18.7. The summed E-state index contributed by atoms with van der Waals surface area (Å²) in [7, 11) is 0. The largest absolute Gasteiger partial charge is 0.508 e. The summed E-state index contributed by atoms with van der Waals surface area (Å²) in [6, 6.07) is 17.0. The van der Waals surface area contributed by atoms with Gasteiger partial charge in [0.15, 0.2) is 4.96 Å². The first-order valence-electron chi connectivity index (χ1n) is 8.72. The van der Waals surface area contributed by atoms with Gasteiger partial charge in [0.05, 0.1) is 5.69 Å². The number of aromatic hydroxyl groups is 1. The van der Waals surface area contributed by atoms with Gasteiger partial charge in [0.25, 0.3) is 5.91 Å². The molecule has 0 aliphatic rings. The number of hydrogen-bond donors (Lipinski definition) is 2. The lowest BCUT2D eigenvalue weighted by Crippen LogP contribution is -2.25. The maximum atomic E-state index is 12.6. The summed E-state index contributed by atoms with van der Waals surface area (Å²) in [6.45, 7) is 2.48. The first kappa shape index (κ1) is 17.3. The van der Waals surface area contributed by atoms with E-state index in [1.54, 1.807) is 12.1 Å². The number of aromatic nitrogens is 2. The number of phenolic OH excluding ortho intramolecular Hbond substituents is 1. The molecule has 0 atom stereocenters. The first-order chi connectivity index (χ1) is 13.1. The van der Waals surface area contributed by atoms with Crippen LogP contribution in [0.1, 0.15) is 20.9 Å². The predicted molar refractivity (Wildman–Crippen MR) is 107 cm³/mol. The van der Waals surface area contributed by atoms with Crippen molar-refractivity contribution in [2.24, 2.45) is 0 Å². The molecule has 0 aliphatic carbocycles. The van der Waals surface area contributed by atoms with Gasteiger partial charge in [-0.3, -0.25) is 9.20 Å². The molecule has 2 N–H and O–H groups in total. The van der Waals surface area contributed by atoms with Gasteiger partial charge in [0, 0.05) is 24.0 Å². The van der Waals surface area contributed by atoms with E-state index < -0.39 is 0 Å². The third kappa shape index (κ3) is 3.57. The normalized spacial score (nSPS) is 11.0. The van der Waals surface area contributed by atoms with Crippen LogP contribution >= 0.6 is 11.3 Å². The van der Waals surface area contributed by atoms with E-state index in [0.717, 1.165) is 27.5 Å². The lowest BCUT2D eigenvalue weighted by molar-refractivity contribution is 0.0957. The number of amides is 1. The molecular weight excluding hydrogens is 358 g/mol. The average molecular weight is 377 g/mol. The molecular formula is C21H19N3O2S. The number of imidazole rings is 1. The standard InChI is InChI=1S/C21H19N3O2S/c1-14-19(20(26)22-12-11-15-7-9-17(25)10-8-15)27-21-23-18(13-24(14)21)16-5-3-2-4-6-16/h2-10,13,25H,11-12H2,1H3,(H,22,26). The summed E-state index contributed by atoms with van der Waals surface area (Å²) in [5.41, 5.74) is 3.93. The Morgan fingerprint density at radius 1 is 1.15 bits per heavy atom. The number of carbonyl (C=O) groups excluding carboxylic acids is 1. The Balaban J connectivity index is 1.46. The molecule has 4 rings (SSSR count). The van der Waals surface area contributed by atoms with Crippen LogP contribution in [0.25, 0.3) is 16.2 Å². The van der Waals surface area contributed by atoms with Crippen molar-refractivity contribution in [3.63, 3.8) is 0 Å². The number of nitrogens with zero attached hydrogens (tertiary/aromatic N) is 2. The maximum Gasteiger partial charge on any atom is 0.263 e. The SMILES string of the molecule is Cc1c(C(=O)NCCc2ccc(O)cc2)sc2nc(-c3ccccc3)cn12. The van der Waals surface area contributed by atoms with Crippen molar-refractivity contribution in [1.29, 1.82) is 0 Å². The Morgan fingerprint density at radius 3 is 2.59 bits per heavy atom. The highest BCUT2D eigenvalue weighted by Gasteiger charge is 2.17. The number of benzene rings is 2. The molecule has 0 spiro atoms. The van der Waals surface area contributed by atoms with Crippen LogP contribution in [0.2, 0.25) is 0 Å². The number of aryl methyl sites for hydroxylation is 1. The van der Waals surface area contributed by atoms with Gasteiger partial charge in [-0.1, -0.05) is 53.8 Å². The molecule has 0 saturated carbocycles. The summed E-state index contributed by atoms with van der Waals surface area (Å²) >= 11 is 1.40. The lowest BCUT2D eigenvalue weighted by atomic mass is 10.1. The molecule has 0 fully saturated rings. The fourth-order valence-corrected chi connectivity index (χ4v) is 4.00. The summed E-state index contributed by atoms with van der Waals surface area (Å²) in [5.74, 6) is 0.165. The second kappa shape index (κ2) is 7.25. The van der Waals surface area contributed by atoms with Crippen molar-refractivity contribution in [3.05, 3.63) is 76.9 Å². The van der Waals surface area contributed by atoms with Crippen molar-refractivity contribution < 1.29 is 9.90 Å². The highest BCUT2D eigenvalue weighted by molar-refractivity contribution is 7.19. The van der Waals surface area contributed by atoms with E-state index in [9.17, 15) is 9.90 Å². The second-order valence-electron chi connectivity index (χ2n) is 6.33. The second-order valence-corrected chi connectivity index (χ2v) is 7.31. The van der Waals surface area contributed by atoms with E-state index in [2.05, 4.69) is 10.3 Å². The zero-order valence-corrected chi connectivity index (χ0v) is 15.7. The van der Waals surface area contributed by atoms with Crippen LogP contribution in [0.3, 0.4) is 0 Å². The van der Waals surface area contributed by atoms with Gasteiger partial charge >= 0.3 is 0 Å². The van der Waals surface area contributed by atoms with Crippen LogP contribution in [0.4, 0.5) is 0 Å². The van der Waals surface area contributed by atoms with E-state index in [-0.39, 0.29) is 11.7 Å². The number of hydrogen-bond acceptors (Lipinski definition) is 4. The highest BCUT2D eigenvalue weighted by Crippen LogP contribution is 2.27. The fourth-order valence-electron chi connectivity index (χ4n) is 2.97. The number of fused-ring (bicyclic) bond motifs is 1. The number of nitrogens with one attached hydrogen (secondary N) is 1. The first-order valence-corrected chi connectivity index (χ1v) is 9.53. The van der Waals surface area contributed by atoms with Gasteiger partial charge in [0.2, 0.25) is 0 Å². The van der Waals surface area contributed by atoms with Crippen LogP contribution in [-0.4, -0.2) is 26.9 Å². The molecule has 5 nitrogen and oxygen atoms in total. The Bertz CT molecular complexity index is 1080. The van der Waals surface area contributed by atoms with Gasteiger partial charge in [-0.2, -0.15) is 0 Å². The molecule has 2 aromatic carbocycles. The van der Waals surface area contributed by atoms with Gasteiger partial charge in [0.1, 0.15) is 10.6 Å². The quantitative estimate of drug-likeness (QED) is 0.551. The van der Waals surface area contributed by atoms with Crippen LogP contribution in [-0.2, 0) is 6.42 Å². The van der Waals surface area contributed by atoms with Gasteiger partial charge in [-0.15, -0.1) is 0 Å². The van der Waals surface area contributed by atoms with E-state index in [1.165, 1.54) is 11.3 Å². The van der Waals surface area contributed by atoms with E-state index in [1.807, 2.05) is 60.0 Å². The Kier molecular flexibility index (Phi) is 4.64. The molecule has 2 heterocycles. The number of phenols is 1. The minimum atomic E-state index is -0.0805. The molecule has 0 aliphatic heterocycles. The van der Waals surface area contributed by atoms with Crippen molar-refractivity contribution in [2.45, 2.75) is 13.3 Å². The topological polar surface area (TPSA) is 66.6 Å². The third-order valence-electron chi connectivity index (χ3n) is 4.47. The van der Waals surface area contributed by atoms with Crippen molar-refractivity contribution >= 4 is 22.2 Å². The number of rotatable bonds is 5. The average Bonchev–Trinajstić information content (AvgIpc) is 3.24. The number of carbonyl (C=O) groups is 1. The molecule has 0 radical (unpaired) electrons. The van der Waals surface area contributed by atoms with Crippen molar-refractivity contribution in [1.82, 2.24) is 14.7 Å². The van der Waals surface area contributed by atoms with Crippen molar-refractivity contribution in [2.75, 3.05) is 6.54 Å². The lowest BCUT2D eigenvalue weighted by Gasteiger charge is -2.05. The minimum absolute atomic E-state index is 0.0805. The molecule has 0 saturated heterocycles. The van der Waals surface area contributed by atoms with Crippen LogP contribution in [0.15, 0.2) is 60.8 Å². The Morgan fingerprint density at radius 2 is 1.89 bits per heavy atom. The highest BCUT2D eigenvalue weighted by atomic mass is 32.1. The van der Waals surface area contributed by atoms with Crippen LogP contribution in [0.5, 0.6) is 5.75 Å². The Labute approximate surface area is 160 Å². The third-order valence-corrected chi connectivity index (χ3v) is 5.62. The van der Waals surface area contributed by atoms with Crippen LogP contribution in [0, 0.1) is 6.92 Å². The molecule has 1 amide bonds. The van der Waals surface area contributed by atoms with Gasteiger partial charge in [-0.25, -0.2) is 4.98 Å². The summed E-state index contributed by atoms with van der Waals surface area (Å²) < 4.78 is 1.97. The minimum Gasteiger partial charge on any atom is -0.508 e.